The predicted molar refractivity (Wildman–Crippen MR) is 144 cm³/mol. The van der Waals surface area contributed by atoms with E-state index in [9.17, 15) is 28.6 Å². The number of hydrogen-bond donors (Lipinski definition) is 4. The fourth-order valence-electron chi connectivity index (χ4n) is 6.92. The Labute approximate surface area is 233 Å². The van der Waals surface area contributed by atoms with E-state index >= 15 is 0 Å². The zero-order valence-corrected chi connectivity index (χ0v) is 23.1. The van der Waals surface area contributed by atoms with Crippen LogP contribution in [0.15, 0.2) is 42.5 Å². The topological polar surface area (TPSA) is 117 Å². The van der Waals surface area contributed by atoms with E-state index < -0.39 is 46.7 Å². The lowest BCUT2D eigenvalue weighted by Crippen LogP contribution is -2.61. The molecule has 2 aromatic carbocycles. The average Bonchev–Trinajstić information content (AvgIpc) is 2.91. The lowest BCUT2D eigenvalue weighted by molar-refractivity contribution is -0.185. The molecule has 0 aromatic heterocycles. The Bertz CT molecular complexity index is 1190. The third-order valence-corrected chi connectivity index (χ3v) is 9.08. The van der Waals surface area contributed by atoms with Crippen LogP contribution in [0.3, 0.4) is 0 Å². The molecule has 6 atom stereocenters. The number of carbonyl (C=O) groups excluding carboxylic acids is 2. The minimum Gasteiger partial charge on any atom is -0.497 e. The number of aliphatic hydroxyl groups is 2. The summed E-state index contributed by atoms with van der Waals surface area (Å²) in [6.45, 7) is 3.66. The molecule has 0 heterocycles. The molecule has 218 valence electrons. The molecule has 2 fully saturated rings. The summed E-state index contributed by atoms with van der Waals surface area (Å²) in [4.78, 5) is 25.7. The highest BCUT2D eigenvalue weighted by Gasteiger charge is 2.60. The van der Waals surface area contributed by atoms with E-state index in [-0.39, 0.29) is 31.4 Å². The molecule has 4 rings (SSSR count). The van der Waals surface area contributed by atoms with Crippen molar-refractivity contribution in [3.05, 3.63) is 59.7 Å². The lowest BCUT2D eigenvalue weighted by Gasteiger charge is -2.60. The number of methoxy groups -OCH3 is 1. The van der Waals surface area contributed by atoms with Gasteiger partial charge in [0, 0.05) is 30.1 Å². The van der Waals surface area contributed by atoms with Crippen molar-refractivity contribution in [2.45, 2.75) is 64.7 Å². The van der Waals surface area contributed by atoms with E-state index in [1.807, 2.05) is 13.8 Å². The standard InChI is InChI=1S/C30H38F2N2O6/c1-29-11-10-26(40-28(38)34-21-4-6-22(39-3)7-5-21)30(2,17-35)25(29)9-8-24(36)23(29)15-27(37)33-16-18-12-19(31)14-20(32)13-18/h4-7,12-14,23-26,35-36H,8-11,15-17H2,1-3H3,(H,33,37)(H,34,38)/t23-,24-,25+,26-,29+,30+/m1/s1. The van der Waals surface area contributed by atoms with Crippen LogP contribution in [0.25, 0.3) is 0 Å². The highest BCUT2D eigenvalue weighted by atomic mass is 19.1. The molecule has 0 unspecified atom stereocenters. The molecule has 0 aliphatic heterocycles. The van der Waals surface area contributed by atoms with Gasteiger partial charge in [-0.1, -0.05) is 13.8 Å². The first-order chi connectivity index (χ1) is 19.0. The number of aliphatic hydroxyl groups excluding tert-OH is 2. The van der Waals surface area contributed by atoms with Crippen molar-refractivity contribution in [3.8, 4) is 5.75 Å². The molecule has 2 aliphatic rings. The maximum atomic E-state index is 13.5. The molecular formula is C30H38F2N2O6. The number of ether oxygens (including phenoxy) is 2. The van der Waals surface area contributed by atoms with Crippen molar-refractivity contribution in [1.82, 2.24) is 5.32 Å². The number of benzene rings is 2. The molecule has 0 bridgehead atoms. The molecule has 2 saturated carbocycles. The van der Waals surface area contributed by atoms with Crippen LogP contribution in [-0.2, 0) is 16.1 Å². The van der Waals surface area contributed by atoms with Gasteiger partial charge in [0.1, 0.15) is 23.5 Å². The van der Waals surface area contributed by atoms with Gasteiger partial charge in [0.25, 0.3) is 0 Å². The molecule has 2 amide bonds. The van der Waals surface area contributed by atoms with Crippen molar-refractivity contribution in [2.24, 2.45) is 22.7 Å². The second-order valence-electron chi connectivity index (χ2n) is 11.5. The normalized spacial score (nSPS) is 29.7. The third kappa shape index (κ3) is 6.23. The number of carbonyl (C=O) groups is 2. The van der Waals surface area contributed by atoms with Gasteiger partial charge in [-0.2, -0.15) is 0 Å². The molecule has 0 saturated heterocycles. The highest BCUT2D eigenvalue weighted by Crippen LogP contribution is 2.61. The summed E-state index contributed by atoms with van der Waals surface area (Å²) in [6.07, 6.45) is 0.184. The second kappa shape index (κ2) is 12.1. The Hall–Kier alpha value is -3.24. The summed E-state index contributed by atoms with van der Waals surface area (Å²) in [7, 11) is 1.56. The zero-order valence-electron chi connectivity index (χ0n) is 23.1. The van der Waals surface area contributed by atoms with E-state index in [1.165, 1.54) is 0 Å². The van der Waals surface area contributed by atoms with Gasteiger partial charge in [0.05, 0.1) is 19.8 Å². The summed E-state index contributed by atoms with van der Waals surface area (Å²) in [5.74, 6) is -1.65. The van der Waals surface area contributed by atoms with E-state index in [1.54, 1.807) is 31.4 Å². The molecule has 0 radical (unpaired) electrons. The first-order valence-corrected chi connectivity index (χ1v) is 13.6. The van der Waals surface area contributed by atoms with Crippen molar-refractivity contribution in [1.29, 1.82) is 0 Å². The highest BCUT2D eigenvalue weighted by molar-refractivity contribution is 5.84. The van der Waals surface area contributed by atoms with Crippen molar-refractivity contribution in [3.63, 3.8) is 0 Å². The molecule has 10 heteroatoms. The number of halogens is 2. The maximum absolute atomic E-state index is 13.5. The molecule has 0 spiro atoms. The number of hydrogen-bond acceptors (Lipinski definition) is 6. The summed E-state index contributed by atoms with van der Waals surface area (Å²) in [6, 6.07) is 9.94. The first-order valence-electron chi connectivity index (χ1n) is 13.6. The molecule has 2 aromatic rings. The van der Waals surface area contributed by atoms with Crippen LogP contribution in [0.1, 0.15) is 51.5 Å². The molecular weight excluding hydrogens is 522 g/mol. The van der Waals surface area contributed by atoms with Crippen LogP contribution in [0.4, 0.5) is 19.3 Å². The van der Waals surface area contributed by atoms with Crippen LogP contribution in [-0.4, -0.2) is 48.1 Å². The molecule has 2 aliphatic carbocycles. The zero-order chi connectivity index (χ0) is 29.1. The SMILES string of the molecule is COc1ccc(NC(=O)O[C@@H]2CC[C@]3(C)[C@H](CC[C@@H](O)[C@H]3CC(=O)NCc3cc(F)cc(F)c3)[C@]2(C)CO)cc1. The van der Waals surface area contributed by atoms with Crippen LogP contribution in [0.2, 0.25) is 0 Å². The summed E-state index contributed by atoms with van der Waals surface area (Å²) in [5.41, 5.74) is -0.454. The second-order valence-corrected chi connectivity index (χ2v) is 11.5. The Kier molecular flexibility index (Phi) is 8.99. The number of anilines is 1. The van der Waals surface area contributed by atoms with Gasteiger partial charge in [0.15, 0.2) is 0 Å². The summed E-state index contributed by atoms with van der Waals surface area (Å²) >= 11 is 0. The van der Waals surface area contributed by atoms with Crippen LogP contribution >= 0.6 is 0 Å². The summed E-state index contributed by atoms with van der Waals surface area (Å²) in [5, 5.41) is 27.0. The number of amides is 2. The maximum Gasteiger partial charge on any atom is 0.411 e. The van der Waals surface area contributed by atoms with Gasteiger partial charge in [-0.05, 0) is 84.9 Å². The van der Waals surface area contributed by atoms with Crippen LogP contribution < -0.4 is 15.4 Å². The fourth-order valence-corrected chi connectivity index (χ4v) is 6.92. The number of rotatable bonds is 8. The van der Waals surface area contributed by atoms with E-state index in [2.05, 4.69) is 10.6 Å². The summed E-state index contributed by atoms with van der Waals surface area (Å²) < 4.78 is 38.0. The Balaban J connectivity index is 1.44. The number of nitrogens with one attached hydrogen (secondary N) is 2. The Morgan fingerprint density at radius 1 is 1.05 bits per heavy atom. The van der Waals surface area contributed by atoms with E-state index in [0.29, 0.717) is 42.7 Å². The fraction of sp³-hybridized carbons (Fsp3) is 0.533. The van der Waals surface area contributed by atoms with Crippen molar-refractivity contribution < 1.29 is 38.1 Å². The first kappa shape index (κ1) is 29.7. The van der Waals surface area contributed by atoms with E-state index in [4.69, 9.17) is 9.47 Å². The van der Waals surface area contributed by atoms with Gasteiger partial charge >= 0.3 is 6.09 Å². The molecule has 40 heavy (non-hydrogen) atoms. The predicted octanol–water partition coefficient (Wildman–Crippen LogP) is 4.78. The van der Waals surface area contributed by atoms with Gasteiger partial charge in [-0.15, -0.1) is 0 Å². The van der Waals surface area contributed by atoms with Gasteiger partial charge in [-0.3, -0.25) is 10.1 Å². The van der Waals surface area contributed by atoms with Gasteiger partial charge in [0.2, 0.25) is 5.91 Å². The number of fused-ring (bicyclic) bond motifs is 1. The molecule has 4 N–H and O–H groups in total. The third-order valence-electron chi connectivity index (χ3n) is 9.08. The molecule has 8 nitrogen and oxygen atoms in total. The smallest absolute Gasteiger partial charge is 0.411 e. The minimum absolute atomic E-state index is 0.0248. The Morgan fingerprint density at radius 3 is 2.35 bits per heavy atom. The average molecular weight is 561 g/mol. The Morgan fingerprint density at radius 2 is 1.73 bits per heavy atom. The van der Waals surface area contributed by atoms with Crippen molar-refractivity contribution in [2.75, 3.05) is 19.0 Å². The largest absolute Gasteiger partial charge is 0.497 e. The monoisotopic (exact) mass is 560 g/mol. The quantitative estimate of drug-likeness (QED) is 0.369. The van der Waals surface area contributed by atoms with Gasteiger partial charge in [-0.25, -0.2) is 13.6 Å². The van der Waals surface area contributed by atoms with Crippen LogP contribution in [0.5, 0.6) is 5.75 Å². The lowest BCUT2D eigenvalue weighted by atomic mass is 9.46. The minimum atomic E-state index is -0.793. The van der Waals surface area contributed by atoms with Crippen LogP contribution in [0, 0.1) is 34.3 Å². The van der Waals surface area contributed by atoms with Crippen molar-refractivity contribution >= 4 is 17.7 Å². The van der Waals surface area contributed by atoms with Gasteiger partial charge < -0.3 is 25.0 Å². The van der Waals surface area contributed by atoms with E-state index in [0.717, 1.165) is 18.2 Å².